The molecule has 2 heterocycles. The van der Waals surface area contributed by atoms with Crippen LogP contribution in [0.5, 0.6) is 11.5 Å². The Morgan fingerprint density at radius 2 is 2.05 bits per heavy atom. The van der Waals surface area contributed by atoms with Crippen LogP contribution >= 0.6 is 11.3 Å². The quantitative estimate of drug-likeness (QED) is 0.929. The third-order valence-corrected chi connectivity index (χ3v) is 3.83. The smallest absolute Gasteiger partial charge is 0.231 e. The first-order valence-corrected chi connectivity index (χ1v) is 6.75. The highest BCUT2D eigenvalue weighted by Crippen LogP contribution is 2.32. The fourth-order valence-corrected chi connectivity index (χ4v) is 2.69. The van der Waals surface area contributed by atoms with Crippen molar-refractivity contribution in [1.29, 1.82) is 5.26 Å². The maximum atomic E-state index is 8.76. The summed E-state index contributed by atoms with van der Waals surface area (Å²) in [5.74, 6) is 1.61. The van der Waals surface area contributed by atoms with E-state index in [1.54, 1.807) is 0 Å². The molecule has 0 saturated heterocycles. The molecule has 1 aliphatic rings. The number of fused-ring (bicyclic) bond motifs is 1. The molecule has 5 heteroatoms. The lowest BCUT2D eigenvalue weighted by molar-refractivity contribution is 0.174. The summed E-state index contributed by atoms with van der Waals surface area (Å²) in [4.78, 5) is 1.91. The van der Waals surface area contributed by atoms with Crippen LogP contribution in [0.4, 0.5) is 0 Å². The van der Waals surface area contributed by atoms with E-state index in [4.69, 9.17) is 14.7 Å². The number of nitrogens with zero attached hydrogens (tertiary/aromatic N) is 1. The van der Waals surface area contributed by atoms with Crippen LogP contribution in [0.3, 0.4) is 0 Å². The molecule has 1 aromatic heterocycles. The van der Waals surface area contributed by atoms with E-state index in [-0.39, 0.29) is 0 Å². The van der Waals surface area contributed by atoms with Crippen molar-refractivity contribution in [3.8, 4) is 17.6 Å². The van der Waals surface area contributed by atoms with Crippen LogP contribution in [0, 0.1) is 11.3 Å². The zero-order valence-electron chi connectivity index (χ0n) is 10.2. The van der Waals surface area contributed by atoms with Gasteiger partial charge in [0.25, 0.3) is 0 Å². The van der Waals surface area contributed by atoms with Crippen LogP contribution in [0.15, 0.2) is 30.3 Å². The van der Waals surface area contributed by atoms with Crippen molar-refractivity contribution in [3.05, 3.63) is 45.6 Å². The Balaban J connectivity index is 1.56. The number of nitrogens with one attached hydrogen (secondary N) is 1. The van der Waals surface area contributed by atoms with Crippen molar-refractivity contribution >= 4 is 11.3 Å². The number of hydrogen-bond donors (Lipinski definition) is 1. The van der Waals surface area contributed by atoms with Gasteiger partial charge in [-0.1, -0.05) is 6.07 Å². The lowest BCUT2D eigenvalue weighted by Crippen LogP contribution is -2.11. The number of ether oxygens (including phenoxy) is 2. The molecule has 3 rings (SSSR count). The van der Waals surface area contributed by atoms with Crippen LogP contribution in [0.2, 0.25) is 0 Å². The Kier molecular flexibility index (Phi) is 3.36. The second kappa shape index (κ2) is 5.31. The first-order valence-electron chi connectivity index (χ1n) is 5.93. The summed E-state index contributed by atoms with van der Waals surface area (Å²) < 4.78 is 10.6. The van der Waals surface area contributed by atoms with Crippen LogP contribution in [-0.4, -0.2) is 6.79 Å². The van der Waals surface area contributed by atoms with E-state index in [0.717, 1.165) is 39.9 Å². The molecule has 0 spiro atoms. The first kappa shape index (κ1) is 12.0. The predicted octanol–water partition coefficient (Wildman–Crippen LogP) is 2.64. The summed E-state index contributed by atoms with van der Waals surface area (Å²) in [6.07, 6.45) is 0. The van der Waals surface area contributed by atoms with E-state index in [1.807, 2.05) is 30.3 Å². The lowest BCUT2D eigenvalue weighted by atomic mass is 10.2. The molecule has 2 aromatic rings. The summed E-state index contributed by atoms with van der Waals surface area (Å²) in [6.45, 7) is 1.83. The van der Waals surface area contributed by atoms with Gasteiger partial charge in [-0.05, 0) is 29.8 Å². The highest BCUT2D eigenvalue weighted by atomic mass is 32.1. The maximum absolute atomic E-state index is 8.76. The minimum absolute atomic E-state index is 0.304. The van der Waals surface area contributed by atoms with E-state index >= 15 is 0 Å². The lowest BCUT2D eigenvalue weighted by Gasteiger charge is -2.04. The fraction of sp³-hybridized carbons (Fsp3) is 0.214. The maximum Gasteiger partial charge on any atom is 0.231 e. The monoisotopic (exact) mass is 272 g/mol. The molecule has 0 atom stereocenters. The highest BCUT2D eigenvalue weighted by molar-refractivity contribution is 7.12. The Bertz CT molecular complexity index is 631. The van der Waals surface area contributed by atoms with Crippen molar-refractivity contribution in [2.75, 3.05) is 6.79 Å². The van der Waals surface area contributed by atoms with Gasteiger partial charge in [0.15, 0.2) is 11.5 Å². The predicted molar refractivity (Wildman–Crippen MR) is 72.1 cm³/mol. The van der Waals surface area contributed by atoms with Crippen molar-refractivity contribution < 1.29 is 9.47 Å². The van der Waals surface area contributed by atoms with Gasteiger partial charge in [-0.2, -0.15) is 5.26 Å². The van der Waals surface area contributed by atoms with Gasteiger partial charge in [0.2, 0.25) is 6.79 Å². The molecular formula is C14H12N2O2S. The number of benzene rings is 1. The Labute approximate surface area is 115 Å². The van der Waals surface area contributed by atoms with E-state index in [2.05, 4.69) is 11.4 Å². The molecule has 0 aliphatic carbocycles. The topological polar surface area (TPSA) is 54.3 Å². The van der Waals surface area contributed by atoms with Gasteiger partial charge in [0.05, 0.1) is 0 Å². The molecule has 0 amide bonds. The number of thiophene rings is 1. The van der Waals surface area contributed by atoms with E-state index in [1.165, 1.54) is 11.3 Å². The number of rotatable bonds is 4. The van der Waals surface area contributed by atoms with Gasteiger partial charge in [-0.15, -0.1) is 11.3 Å². The summed E-state index contributed by atoms with van der Waals surface area (Å²) in [7, 11) is 0. The number of hydrogen-bond acceptors (Lipinski definition) is 5. The molecule has 1 N–H and O–H groups in total. The molecular weight excluding hydrogens is 260 g/mol. The molecule has 96 valence electrons. The van der Waals surface area contributed by atoms with Crippen molar-refractivity contribution in [3.63, 3.8) is 0 Å². The summed E-state index contributed by atoms with van der Waals surface area (Å²) in [6, 6.07) is 11.9. The molecule has 19 heavy (non-hydrogen) atoms. The van der Waals surface area contributed by atoms with Gasteiger partial charge in [-0.3, -0.25) is 0 Å². The Hall–Kier alpha value is -2.03. The molecule has 0 bridgehead atoms. The highest BCUT2D eigenvalue weighted by Gasteiger charge is 2.12. The van der Waals surface area contributed by atoms with Gasteiger partial charge in [0, 0.05) is 18.0 Å². The molecule has 0 fully saturated rings. The number of nitriles is 1. The summed E-state index contributed by atoms with van der Waals surface area (Å²) >= 11 is 1.52. The Morgan fingerprint density at radius 1 is 1.16 bits per heavy atom. The average Bonchev–Trinajstić information content (AvgIpc) is 3.06. The van der Waals surface area contributed by atoms with E-state index in [9.17, 15) is 0 Å². The van der Waals surface area contributed by atoms with Crippen LogP contribution in [0.1, 0.15) is 15.3 Å². The van der Waals surface area contributed by atoms with Crippen LogP contribution in [0.25, 0.3) is 0 Å². The van der Waals surface area contributed by atoms with Crippen LogP contribution in [-0.2, 0) is 13.1 Å². The van der Waals surface area contributed by atoms with Crippen molar-refractivity contribution in [1.82, 2.24) is 5.32 Å². The third-order valence-electron chi connectivity index (χ3n) is 2.84. The largest absolute Gasteiger partial charge is 0.454 e. The standard InChI is InChI=1S/C14H12N2O2S/c15-6-11-2-3-12(19-11)8-16-7-10-1-4-13-14(5-10)18-9-17-13/h1-5,16H,7-9H2. The van der Waals surface area contributed by atoms with Crippen molar-refractivity contribution in [2.24, 2.45) is 0 Å². The molecule has 0 saturated carbocycles. The van der Waals surface area contributed by atoms with Crippen molar-refractivity contribution in [2.45, 2.75) is 13.1 Å². The summed E-state index contributed by atoms with van der Waals surface area (Å²) in [5, 5.41) is 12.1. The van der Waals surface area contributed by atoms with E-state index < -0.39 is 0 Å². The zero-order chi connectivity index (χ0) is 13.1. The van der Waals surface area contributed by atoms with E-state index in [0.29, 0.717) is 6.79 Å². The van der Waals surface area contributed by atoms with Gasteiger partial charge in [0.1, 0.15) is 10.9 Å². The van der Waals surface area contributed by atoms with Gasteiger partial charge >= 0.3 is 0 Å². The third kappa shape index (κ3) is 2.70. The molecule has 0 unspecified atom stereocenters. The fourth-order valence-electron chi connectivity index (χ4n) is 1.91. The second-order valence-electron chi connectivity index (χ2n) is 4.17. The molecule has 4 nitrogen and oxygen atoms in total. The minimum atomic E-state index is 0.304. The van der Waals surface area contributed by atoms with Gasteiger partial charge < -0.3 is 14.8 Å². The van der Waals surface area contributed by atoms with Gasteiger partial charge in [-0.25, -0.2) is 0 Å². The normalized spacial score (nSPS) is 12.4. The van der Waals surface area contributed by atoms with Crippen LogP contribution < -0.4 is 14.8 Å². The average molecular weight is 272 g/mol. The molecule has 1 aliphatic heterocycles. The SMILES string of the molecule is N#Cc1ccc(CNCc2ccc3c(c2)OCO3)s1. The molecule has 1 aromatic carbocycles. The Morgan fingerprint density at radius 3 is 2.89 bits per heavy atom. The molecule has 0 radical (unpaired) electrons. The first-order chi connectivity index (χ1) is 9.35. The minimum Gasteiger partial charge on any atom is -0.454 e. The summed E-state index contributed by atoms with van der Waals surface area (Å²) in [5.41, 5.74) is 1.15. The zero-order valence-corrected chi connectivity index (χ0v) is 11.0. The second-order valence-corrected chi connectivity index (χ2v) is 5.34.